The predicted molar refractivity (Wildman–Crippen MR) is 67.6 cm³/mol. The summed E-state index contributed by atoms with van der Waals surface area (Å²) in [4.78, 5) is 26.1. The molecule has 0 bridgehead atoms. The van der Waals surface area contributed by atoms with Gasteiger partial charge in [0, 0.05) is 12.7 Å². The molecular weight excluding hydrogens is 232 g/mol. The number of carbonyl (C=O) groups is 2. The van der Waals surface area contributed by atoms with E-state index in [2.05, 4.69) is 31.1 Å². The quantitative estimate of drug-likeness (QED) is 0.856. The molecule has 5 heteroatoms. The molecule has 0 aliphatic heterocycles. The maximum Gasteiger partial charge on any atom is 0.337 e. The smallest absolute Gasteiger partial charge is 0.337 e. The summed E-state index contributed by atoms with van der Waals surface area (Å²) in [6.45, 7) is 6.86. The maximum absolute atomic E-state index is 11.7. The molecule has 2 N–H and O–H groups in total. The number of pyridine rings is 1. The Bertz CT molecular complexity index is 433. The van der Waals surface area contributed by atoms with Crippen molar-refractivity contribution in [2.45, 2.75) is 27.2 Å². The minimum Gasteiger partial charge on any atom is -0.478 e. The number of carboxylic acid groups (broad SMARTS) is 1. The van der Waals surface area contributed by atoms with Crippen LogP contribution in [0.3, 0.4) is 0 Å². The molecule has 0 atom stereocenters. The van der Waals surface area contributed by atoms with Gasteiger partial charge in [-0.1, -0.05) is 20.8 Å². The van der Waals surface area contributed by atoms with E-state index in [1.54, 1.807) is 0 Å². The number of aromatic nitrogens is 1. The summed E-state index contributed by atoms with van der Waals surface area (Å²) in [6, 6.07) is 2.78. The Morgan fingerprint density at radius 1 is 1.33 bits per heavy atom. The highest BCUT2D eigenvalue weighted by Crippen LogP contribution is 2.16. The molecule has 5 nitrogen and oxygen atoms in total. The minimum atomic E-state index is -1.05. The first-order valence-corrected chi connectivity index (χ1v) is 5.77. The molecule has 0 fully saturated rings. The van der Waals surface area contributed by atoms with Crippen LogP contribution in [0, 0.1) is 5.41 Å². The number of nitrogens with zero attached hydrogens (tertiary/aromatic N) is 1. The van der Waals surface area contributed by atoms with Crippen LogP contribution < -0.4 is 5.32 Å². The largest absolute Gasteiger partial charge is 0.478 e. The lowest BCUT2D eigenvalue weighted by Gasteiger charge is -2.17. The third-order valence-electron chi connectivity index (χ3n) is 2.40. The van der Waals surface area contributed by atoms with E-state index < -0.39 is 5.97 Å². The van der Waals surface area contributed by atoms with Crippen molar-refractivity contribution in [1.29, 1.82) is 0 Å². The standard InChI is InChI=1S/C13H18N2O3/c1-13(2,3)6-7-14-11(16)10-5-4-9(8-15-10)12(17)18/h4-5,8H,6-7H2,1-3H3,(H,14,16)(H,17,18). The van der Waals surface area contributed by atoms with Crippen LogP contribution in [0.5, 0.6) is 0 Å². The second-order valence-corrected chi connectivity index (χ2v) is 5.30. The third kappa shape index (κ3) is 4.53. The van der Waals surface area contributed by atoms with Gasteiger partial charge >= 0.3 is 5.97 Å². The van der Waals surface area contributed by atoms with Crippen LogP contribution in [-0.4, -0.2) is 28.5 Å². The van der Waals surface area contributed by atoms with Crippen LogP contribution in [-0.2, 0) is 0 Å². The SMILES string of the molecule is CC(C)(C)CCNC(=O)c1ccc(C(=O)O)cn1. The Labute approximate surface area is 106 Å². The summed E-state index contributed by atoms with van der Waals surface area (Å²) in [5.74, 6) is -1.33. The number of hydrogen-bond acceptors (Lipinski definition) is 3. The van der Waals surface area contributed by atoms with Crippen molar-refractivity contribution < 1.29 is 14.7 Å². The van der Waals surface area contributed by atoms with Crippen molar-refractivity contribution in [3.05, 3.63) is 29.6 Å². The molecule has 0 saturated carbocycles. The number of carboxylic acids is 1. The lowest BCUT2D eigenvalue weighted by atomic mass is 9.92. The van der Waals surface area contributed by atoms with Crippen molar-refractivity contribution >= 4 is 11.9 Å². The Morgan fingerprint density at radius 3 is 2.44 bits per heavy atom. The topological polar surface area (TPSA) is 79.3 Å². The average Bonchev–Trinajstić information content (AvgIpc) is 2.27. The van der Waals surface area contributed by atoms with E-state index in [9.17, 15) is 9.59 Å². The van der Waals surface area contributed by atoms with Crippen molar-refractivity contribution in [3.63, 3.8) is 0 Å². The van der Waals surface area contributed by atoms with E-state index in [0.29, 0.717) is 6.54 Å². The molecule has 0 saturated heterocycles. The molecule has 0 aromatic carbocycles. The molecule has 0 aliphatic rings. The Hall–Kier alpha value is -1.91. The highest BCUT2D eigenvalue weighted by molar-refractivity contribution is 5.93. The van der Waals surface area contributed by atoms with E-state index in [1.165, 1.54) is 18.3 Å². The van der Waals surface area contributed by atoms with E-state index in [0.717, 1.165) is 6.42 Å². The fraction of sp³-hybridized carbons (Fsp3) is 0.462. The summed E-state index contributed by atoms with van der Waals surface area (Å²) in [7, 11) is 0. The fourth-order valence-electron chi connectivity index (χ4n) is 1.30. The van der Waals surface area contributed by atoms with Crippen molar-refractivity contribution in [1.82, 2.24) is 10.3 Å². The van der Waals surface area contributed by atoms with Gasteiger partial charge in [-0.05, 0) is 24.0 Å². The van der Waals surface area contributed by atoms with E-state index in [4.69, 9.17) is 5.11 Å². The molecule has 98 valence electrons. The molecule has 0 spiro atoms. The molecule has 18 heavy (non-hydrogen) atoms. The molecule has 1 aromatic rings. The van der Waals surface area contributed by atoms with Gasteiger partial charge in [0.05, 0.1) is 5.56 Å². The van der Waals surface area contributed by atoms with Crippen molar-refractivity contribution in [3.8, 4) is 0 Å². The molecule has 1 rings (SSSR count). The first-order chi connectivity index (χ1) is 8.29. The van der Waals surface area contributed by atoms with Crippen LogP contribution in [0.1, 0.15) is 48.0 Å². The lowest BCUT2D eigenvalue weighted by molar-refractivity contribution is 0.0695. The first-order valence-electron chi connectivity index (χ1n) is 5.77. The summed E-state index contributed by atoms with van der Waals surface area (Å²) in [6.07, 6.45) is 2.05. The van der Waals surface area contributed by atoms with Gasteiger partial charge in [0.1, 0.15) is 5.69 Å². The first kappa shape index (κ1) is 14.2. The van der Waals surface area contributed by atoms with Gasteiger partial charge in [-0.25, -0.2) is 4.79 Å². The zero-order valence-corrected chi connectivity index (χ0v) is 10.9. The van der Waals surface area contributed by atoms with Gasteiger partial charge in [-0.3, -0.25) is 9.78 Å². The van der Waals surface area contributed by atoms with Gasteiger partial charge in [0.15, 0.2) is 0 Å². The Kier molecular flexibility index (Phi) is 4.42. The molecule has 1 amide bonds. The molecule has 1 aromatic heterocycles. The maximum atomic E-state index is 11.7. The highest BCUT2D eigenvalue weighted by atomic mass is 16.4. The summed E-state index contributed by atoms with van der Waals surface area (Å²) < 4.78 is 0. The monoisotopic (exact) mass is 250 g/mol. The second-order valence-electron chi connectivity index (χ2n) is 5.30. The summed E-state index contributed by atoms with van der Waals surface area (Å²) >= 11 is 0. The molecule has 0 aliphatic carbocycles. The number of nitrogens with one attached hydrogen (secondary N) is 1. The predicted octanol–water partition coefficient (Wildman–Crippen LogP) is 1.95. The van der Waals surface area contributed by atoms with E-state index in [-0.39, 0.29) is 22.6 Å². The molecule has 0 unspecified atom stereocenters. The van der Waals surface area contributed by atoms with Gasteiger partial charge in [-0.2, -0.15) is 0 Å². The van der Waals surface area contributed by atoms with Crippen LogP contribution in [0.15, 0.2) is 18.3 Å². The Morgan fingerprint density at radius 2 is 2.00 bits per heavy atom. The Balaban J connectivity index is 2.54. The van der Waals surface area contributed by atoms with Gasteiger partial charge < -0.3 is 10.4 Å². The summed E-state index contributed by atoms with van der Waals surface area (Å²) in [5.41, 5.74) is 0.462. The number of hydrogen-bond donors (Lipinski definition) is 2. The fourth-order valence-corrected chi connectivity index (χ4v) is 1.30. The van der Waals surface area contributed by atoms with Gasteiger partial charge in [0.2, 0.25) is 0 Å². The summed E-state index contributed by atoms with van der Waals surface area (Å²) in [5, 5.41) is 11.5. The second kappa shape index (κ2) is 5.62. The van der Waals surface area contributed by atoms with Gasteiger partial charge in [-0.15, -0.1) is 0 Å². The van der Waals surface area contributed by atoms with Crippen molar-refractivity contribution in [2.24, 2.45) is 5.41 Å². The molecule has 0 radical (unpaired) electrons. The van der Waals surface area contributed by atoms with E-state index >= 15 is 0 Å². The van der Waals surface area contributed by atoms with Crippen LogP contribution >= 0.6 is 0 Å². The number of amides is 1. The zero-order valence-electron chi connectivity index (χ0n) is 10.9. The highest BCUT2D eigenvalue weighted by Gasteiger charge is 2.12. The number of aromatic carboxylic acids is 1. The molecular formula is C13H18N2O3. The lowest BCUT2D eigenvalue weighted by Crippen LogP contribution is -2.28. The minimum absolute atomic E-state index is 0.0706. The van der Waals surface area contributed by atoms with Crippen LogP contribution in [0.25, 0.3) is 0 Å². The zero-order chi connectivity index (χ0) is 13.8. The van der Waals surface area contributed by atoms with E-state index in [1.807, 2.05) is 0 Å². The third-order valence-corrected chi connectivity index (χ3v) is 2.40. The number of rotatable bonds is 4. The molecule has 1 heterocycles. The van der Waals surface area contributed by atoms with Gasteiger partial charge in [0.25, 0.3) is 5.91 Å². The van der Waals surface area contributed by atoms with Crippen LogP contribution in [0.4, 0.5) is 0 Å². The normalized spacial score (nSPS) is 11.1. The number of carbonyl (C=O) groups excluding carboxylic acids is 1. The van der Waals surface area contributed by atoms with Crippen molar-refractivity contribution in [2.75, 3.05) is 6.54 Å². The average molecular weight is 250 g/mol. The van der Waals surface area contributed by atoms with Crippen LogP contribution in [0.2, 0.25) is 0 Å².